The van der Waals surface area contributed by atoms with Crippen LogP contribution in [-0.4, -0.2) is 6.61 Å². The van der Waals surface area contributed by atoms with Crippen LogP contribution in [0.4, 0.5) is 0 Å². The predicted octanol–water partition coefficient (Wildman–Crippen LogP) is 4.49. The molecular weight excluding hydrogens is 224 g/mol. The zero-order chi connectivity index (χ0) is 13.0. The summed E-state index contributed by atoms with van der Waals surface area (Å²) in [6.07, 6.45) is 0. The SMILES string of the molecule is CCOc1ccc(Oc2cc(C)cc(C)c2)cc1. The van der Waals surface area contributed by atoms with E-state index >= 15 is 0 Å². The van der Waals surface area contributed by atoms with Gasteiger partial charge >= 0.3 is 0 Å². The van der Waals surface area contributed by atoms with Crippen LogP contribution in [0.2, 0.25) is 0 Å². The molecule has 0 N–H and O–H groups in total. The summed E-state index contributed by atoms with van der Waals surface area (Å²) in [6.45, 7) is 6.79. The van der Waals surface area contributed by atoms with Crippen molar-refractivity contribution in [1.82, 2.24) is 0 Å². The van der Waals surface area contributed by atoms with Crippen LogP contribution < -0.4 is 9.47 Å². The maximum Gasteiger partial charge on any atom is 0.127 e. The summed E-state index contributed by atoms with van der Waals surface area (Å²) in [7, 11) is 0. The Labute approximate surface area is 108 Å². The number of benzene rings is 2. The van der Waals surface area contributed by atoms with E-state index in [4.69, 9.17) is 9.47 Å². The van der Waals surface area contributed by atoms with Crippen molar-refractivity contribution in [3.63, 3.8) is 0 Å². The Bertz CT molecular complexity index is 495. The van der Waals surface area contributed by atoms with Gasteiger partial charge in [0.25, 0.3) is 0 Å². The maximum absolute atomic E-state index is 5.82. The van der Waals surface area contributed by atoms with Gasteiger partial charge in [0.1, 0.15) is 17.2 Å². The van der Waals surface area contributed by atoms with Gasteiger partial charge in [0.15, 0.2) is 0 Å². The molecule has 0 unspecified atom stereocenters. The minimum Gasteiger partial charge on any atom is -0.494 e. The maximum atomic E-state index is 5.82. The van der Waals surface area contributed by atoms with Crippen molar-refractivity contribution in [2.45, 2.75) is 20.8 Å². The summed E-state index contributed by atoms with van der Waals surface area (Å²) < 4.78 is 11.2. The first-order valence-electron chi connectivity index (χ1n) is 6.16. The van der Waals surface area contributed by atoms with E-state index in [0.29, 0.717) is 6.61 Å². The molecule has 18 heavy (non-hydrogen) atoms. The molecular formula is C16H18O2. The second-order valence-corrected chi connectivity index (χ2v) is 4.33. The standard InChI is InChI=1S/C16H18O2/c1-4-17-14-5-7-15(8-6-14)18-16-10-12(2)9-13(3)11-16/h5-11H,4H2,1-3H3. The van der Waals surface area contributed by atoms with E-state index in [-0.39, 0.29) is 0 Å². The van der Waals surface area contributed by atoms with Crippen molar-refractivity contribution >= 4 is 0 Å². The van der Waals surface area contributed by atoms with Gasteiger partial charge in [0.2, 0.25) is 0 Å². The summed E-state index contributed by atoms with van der Waals surface area (Å²) in [5.41, 5.74) is 2.41. The molecule has 0 saturated heterocycles. The summed E-state index contributed by atoms with van der Waals surface area (Å²) in [5, 5.41) is 0. The van der Waals surface area contributed by atoms with Gasteiger partial charge in [0.05, 0.1) is 6.61 Å². The molecule has 0 fully saturated rings. The number of aryl methyl sites for hydroxylation is 2. The Morgan fingerprint density at radius 1 is 0.778 bits per heavy atom. The fraction of sp³-hybridized carbons (Fsp3) is 0.250. The second-order valence-electron chi connectivity index (χ2n) is 4.33. The lowest BCUT2D eigenvalue weighted by Gasteiger charge is -2.09. The van der Waals surface area contributed by atoms with Crippen LogP contribution in [0.1, 0.15) is 18.1 Å². The highest BCUT2D eigenvalue weighted by atomic mass is 16.5. The lowest BCUT2D eigenvalue weighted by atomic mass is 10.1. The topological polar surface area (TPSA) is 18.5 Å². The van der Waals surface area contributed by atoms with E-state index in [1.165, 1.54) is 11.1 Å². The lowest BCUT2D eigenvalue weighted by molar-refractivity contribution is 0.339. The molecule has 2 nitrogen and oxygen atoms in total. The van der Waals surface area contributed by atoms with Crippen molar-refractivity contribution < 1.29 is 9.47 Å². The predicted molar refractivity (Wildman–Crippen MR) is 73.6 cm³/mol. The number of ether oxygens (including phenoxy) is 2. The third-order valence-corrected chi connectivity index (χ3v) is 2.57. The van der Waals surface area contributed by atoms with Gasteiger partial charge in [-0.05, 0) is 68.3 Å². The average molecular weight is 242 g/mol. The Morgan fingerprint density at radius 2 is 1.33 bits per heavy atom. The summed E-state index contributed by atoms with van der Waals surface area (Å²) >= 11 is 0. The van der Waals surface area contributed by atoms with Crippen LogP contribution in [0.25, 0.3) is 0 Å². The quantitative estimate of drug-likeness (QED) is 0.786. The molecule has 94 valence electrons. The average Bonchev–Trinajstić information content (AvgIpc) is 2.31. The van der Waals surface area contributed by atoms with E-state index < -0.39 is 0 Å². The molecule has 0 bridgehead atoms. The lowest BCUT2D eigenvalue weighted by Crippen LogP contribution is -1.91. The first-order chi connectivity index (χ1) is 8.67. The molecule has 0 heterocycles. The van der Waals surface area contributed by atoms with Crippen LogP contribution in [0.15, 0.2) is 42.5 Å². The fourth-order valence-electron chi connectivity index (χ4n) is 1.90. The molecule has 0 aromatic heterocycles. The van der Waals surface area contributed by atoms with Crippen LogP contribution in [0.5, 0.6) is 17.2 Å². The first kappa shape index (κ1) is 12.5. The van der Waals surface area contributed by atoms with Crippen LogP contribution in [-0.2, 0) is 0 Å². The van der Waals surface area contributed by atoms with Crippen molar-refractivity contribution in [1.29, 1.82) is 0 Å². The number of hydrogen-bond acceptors (Lipinski definition) is 2. The monoisotopic (exact) mass is 242 g/mol. The number of hydrogen-bond donors (Lipinski definition) is 0. The van der Waals surface area contributed by atoms with Gasteiger partial charge in [0, 0.05) is 0 Å². The van der Waals surface area contributed by atoms with E-state index in [2.05, 4.69) is 19.9 Å². The Morgan fingerprint density at radius 3 is 1.89 bits per heavy atom. The number of rotatable bonds is 4. The molecule has 2 aromatic rings. The van der Waals surface area contributed by atoms with Gasteiger partial charge < -0.3 is 9.47 Å². The highest BCUT2D eigenvalue weighted by Crippen LogP contribution is 2.25. The molecule has 0 aliphatic carbocycles. The van der Waals surface area contributed by atoms with Crippen molar-refractivity contribution in [3.05, 3.63) is 53.6 Å². The normalized spacial score (nSPS) is 10.2. The molecule has 2 aromatic carbocycles. The zero-order valence-electron chi connectivity index (χ0n) is 11.1. The minimum atomic E-state index is 0.678. The van der Waals surface area contributed by atoms with Crippen molar-refractivity contribution in [3.8, 4) is 17.2 Å². The molecule has 2 rings (SSSR count). The Kier molecular flexibility index (Phi) is 3.88. The van der Waals surface area contributed by atoms with Crippen LogP contribution >= 0.6 is 0 Å². The van der Waals surface area contributed by atoms with Gasteiger partial charge in [-0.2, -0.15) is 0 Å². The minimum absolute atomic E-state index is 0.678. The summed E-state index contributed by atoms with van der Waals surface area (Å²) in [5.74, 6) is 2.56. The van der Waals surface area contributed by atoms with E-state index in [9.17, 15) is 0 Å². The summed E-state index contributed by atoms with van der Waals surface area (Å²) in [4.78, 5) is 0. The Balaban J connectivity index is 2.13. The van der Waals surface area contributed by atoms with Crippen LogP contribution in [0.3, 0.4) is 0 Å². The van der Waals surface area contributed by atoms with Gasteiger partial charge in [-0.25, -0.2) is 0 Å². The molecule has 0 spiro atoms. The highest BCUT2D eigenvalue weighted by molar-refractivity contribution is 5.38. The van der Waals surface area contributed by atoms with Crippen LogP contribution in [0, 0.1) is 13.8 Å². The molecule has 0 radical (unpaired) electrons. The van der Waals surface area contributed by atoms with Gasteiger partial charge in [-0.1, -0.05) is 6.07 Å². The Hall–Kier alpha value is -1.96. The molecule has 2 heteroatoms. The smallest absolute Gasteiger partial charge is 0.127 e. The summed E-state index contributed by atoms with van der Waals surface area (Å²) in [6, 6.07) is 13.9. The third-order valence-electron chi connectivity index (χ3n) is 2.57. The molecule has 0 amide bonds. The van der Waals surface area contributed by atoms with Crippen molar-refractivity contribution in [2.75, 3.05) is 6.61 Å². The second kappa shape index (κ2) is 5.58. The highest BCUT2D eigenvalue weighted by Gasteiger charge is 2.00. The zero-order valence-corrected chi connectivity index (χ0v) is 11.1. The largest absolute Gasteiger partial charge is 0.494 e. The molecule has 0 aliphatic heterocycles. The van der Waals surface area contributed by atoms with Gasteiger partial charge in [-0.15, -0.1) is 0 Å². The van der Waals surface area contributed by atoms with E-state index in [1.54, 1.807) is 0 Å². The third kappa shape index (κ3) is 3.27. The van der Waals surface area contributed by atoms with E-state index in [1.807, 2.05) is 43.3 Å². The molecule has 0 aliphatic rings. The molecule has 0 saturated carbocycles. The first-order valence-corrected chi connectivity index (χ1v) is 6.16. The van der Waals surface area contributed by atoms with Gasteiger partial charge in [-0.3, -0.25) is 0 Å². The molecule has 0 atom stereocenters. The van der Waals surface area contributed by atoms with Crippen molar-refractivity contribution in [2.24, 2.45) is 0 Å². The fourth-order valence-corrected chi connectivity index (χ4v) is 1.90. The van der Waals surface area contributed by atoms with E-state index in [0.717, 1.165) is 17.2 Å².